The number of hydrogen-bond acceptors (Lipinski definition) is 3. The van der Waals surface area contributed by atoms with Crippen LogP contribution in [0.1, 0.15) is 17.9 Å². The van der Waals surface area contributed by atoms with Gasteiger partial charge in [-0.25, -0.2) is 0 Å². The fourth-order valence-corrected chi connectivity index (χ4v) is 2.71. The molecule has 1 amide bonds. The molecule has 1 aliphatic carbocycles. The minimum atomic E-state index is -0.568. The summed E-state index contributed by atoms with van der Waals surface area (Å²) in [5, 5.41) is 13.6. The number of carbonyl (C=O) groups is 1. The number of nitrogens with one attached hydrogen (secondary N) is 1. The van der Waals surface area contributed by atoms with Crippen molar-refractivity contribution in [1.29, 1.82) is 0 Å². The number of carbonyl (C=O) groups excluding carboxylic acids is 1. The largest absolute Gasteiger partial charge is 0.326 e. The van der Waals surface area contributed by atoms with Gasteiger partial charge in [0, 0.05) is 17.7 Å². The maximum absolute atomic E-state index is 12.2. The van der Waals surface area contributed by atoms with E-state index >= 15 is 0 Å². The molecule has 0 saturated heterocycles. The van der Waals surface area contributed by atoms with Crippen molar-refractivity contribution in [3.05, 3.63) is 69.2 Å². The van der Waals surface area contributed by atoms with Crippen molar-refractivity contribution in [3.63, 3.8) is 0 Å². The molecule has 1 fully saturated rings. The van der Waals surface area contributed by atoms with Crippen LogP contribution in [0.5, 0.6) is 0 Å². The Labute approximate surface area is 132 Å². The Balaban J connectivity index is 1.69. The van der Waals surface area contributed by atoms with Gasteiger partial charge in [-0.15, -0.1) is 0 Å². The Morgan fingerprint density at radius 1 is 1.23 bits per heavy atom. The van der Waals surface area contributed by atoms with Crippen LogP contribution in [0.15, 0.2) is 48.5 Å². The van der Waals surface area contributed by atoms with Gasteiger partial charge in [-0.1, -0.05) is 41.9 Å². The summed E-state index contributed by atoms with van der Waals surface area (Å²) in [7, 11) is 0. The van der Waals surface area contributed by atoms with Crippen LogP contribution in [0.4, 0.5) is 11.4 Å². The lowest BCUT2D eigenvalue weighted by Gasteiger charge is -2.05. The zero-order valence-corrected chi connectivity index (χ0v) is 12.3. The second-order valence-corrected chi connectivity index (χ2v) is 5.68. The zero-order chi connectivity index (χ0) is 15.7. The first-order chi connectivity index (χ1) is 10.6. The molecule has 2 aromatic carbocycles. The van der Waals surface area contributed by atoms with Crippen molar-refractivity contribution in [2.45, 2.75) is 12.3 Å². The van der Waals surface area contributed by atoms with E-state index in [-0.39, 0.29) is 28.5 Å². The van der Waals surface area contributed by atoms with E-state index in [9.17, 15) is 14.9 Å². The standard InChI is InChI=1S/C16H13ClN2O3/c17-14-7-6-11(8-15(14)19(21)22)18-16(20)13-9-12(13)10-4-2-1-3-5-10/h1-8,12-13H,9H2,(H,18,20)/t12-,13-/m0/s1. The van der Waals surface area contributed by atoms with Crippen LogP contribution < -0.4 is 5.32 Å². The summed E-state index contributed by atoms with van der Waals surface area (Å²) >= 11 is 5.75. The number of nitro groups is 1. The number of rotatable bonds is 4. The molecule has 1 aliphatic rings. The number of hydrogen-bond donors (Lipinski definition) is 1. The molecule has 2 aromatic rings. The molecule has 1 N–H and O–H groups in total. The quantitative estimate of drug-likeness (QED) is 0.684. The van der Waals surface area contributed by atoms with E-state index < -0.39 is 4.92 Å². The molecule has 112 valence electrons. The third-order valence-electron chi connectivity index (χ3n) is 3.77. The fourth-order valence-electron chi connectivity index (χ4n) is 2.52. The number of anilines is 1. The van der Waals surface area contributed by atoms with E-state index in [0.717, 1.165) is 12.0 Å². The highest BCUT2D eigenvalue weighted by Gasteiger charge is 2.43. The van der Waals surface area contributed by atoms with Gasteiger partial charge >= 0.3 is 0 Å². The summed E-state index contributed by atoms with van der Waals surface area (Å²) in [4.78, 5) is 22.5. The number of nitro benzene ring substituents is 1. The molecule has 22 heavy (non-hydrogen) atoms. The topological polar surface area (TPSA) is 72.2 Å². The monoisotopic (exact) mass is 316 g/mol. The Bertz CT molecular complexity index is 733. The number of amides is 1. The predicted octanol–water partition coefficient (Wildman–Crippen LogP) is 3.99. The van der Waals surface area contributed by atoms with Crippen LogP contribution >= 0.6 is 11.6 Å². The lowest BCUT2D eigenvalue weighted by molar-refractivity contribution is -0.384. The van der Waals surface area contributed by atoms with Crippen molar-refractivity contribution >= 4 is 28.9 Å². The molecule has 3 rings (SSSR count). The number of nitrogens with zero attached hydrogens (tertiary/aromatic N) is 1. The summed E-state index contributed by atoms with van der Waals surface area (Å²) in [6, 6.07) is 14.1. The SMILES string of the molecule is O=C(Nc1ccc(Cl)c([N+](=O)[O-])c1)[C@H]1C[C@H]1c1ccccc1. The lowest BCUT2D eigenvalue weighted by Crippen LogP contribution is -2.14. The van der Waals surface area contributed by atoms with Gasteiger partial charge in [-0.2, -0.15) is 0 Å². The van der Waals surface area contributed by atoms with Gasteiger partial charge in [-0.05, 0) is 30.0 Å². The normalized spacial score (nSPS) is 19.5. The van der Waals surface area contributed by atoms with Gasteiger partial charge < -0.3 is 5.32 Å². The van der Waals surface area contributed by atoms with Gasteiger partial charge in [0.25, 0.3) is 5.69 Å². The third-order valence-corrected chi connectivity index (χ3v) is 4.08. The van der Waals surface area contributed by atoms with Crippen LogP contribution in [-0.4, -0.2) is 10.8 Å². The Kier molecular flexibility index (Phi) is 3.81. The third kappa shape index (κ3) is 2.94. The van der Waals surface area contributed by atoms with Crippen LogP contribution in [0, 0.1) is 16.0 Å². The van der Waals surface area contributed by atoms with Gasteiger partial charge in [0.05, 0.1) is 4.92 Å². The van der Waals surface area contributed by atoms with E-state index in [2.05, 4.69) is 5.32 Å². The van der Waals surface area contributed by atoms with Crippen molar-refractivity contribution in [1.82, 2.24) is 0 Å². The summed E-state index contributed by atoms with van der Waals surface area (Å²) in [6.45, 7) is 0. The lowest BCUT2D eigenvalue weighted by atomic mass is 10.1. The van der Waals surface area contributed by atoms with E-state index in [1.807, 2.05) is 30.3 Å². The second-order valence-electron chi connectivity index (χ2n) is 5.27. The first-order valence-electron chi connectivity index (χ1n) is 6.86. The van der Waals surface area contributed by atoms with Crippen molar-refractivity contribution in [2.75, 3.05) is 5.32 Å². The molecule has 5 nitrogen and oxygen atoms in total. The molecule has 0 aliphatic heterocycles. The smallest absolute Gasteiger partial charge is 0.289 e. The molecule has 1 saturated carbocycles. The van der Waals surface area contributed by atoms with E-state index in [1.54, 1.807) is 6.07 Å². The van der Waals surface area contributed by atoms with E-state index in [0.29, 0.717) is 5.69 Å². The van der Waals surface area contributed by atoms with Gasteiger partial charge in [0.1, 0.15) is 5.02 Å². The maximum Gasteiger partial charge on any atom is 0.289 e. The summed E-state index contributed by atoms with van der Waals surface area (Å²) in [5.74, 6) is 0.0195. The van der Waals surface area contributed by atoms with Crippen molar-refractivity contribution < 1.29 is 9.72 Å². The fraction of sp³-hybridized carbons (Fsp3) is 0.188. The minimum absolute atomic E-state index is 0.0524. The van der Waals surface area contributed by atoms with Gasteiger partial charge in [-0.3, -0.25) is 14.9 Å². The molecular weight excluding hydrogens is 304 g/mol. The van der Waals surface area contributed by atoms with Crippen molar-refractivity contribution in [2.24, 2.45) is 5.92 Å². The average Bonchev–Trinajstić information content (AvgIpc) is 3.30. The van der Waals surface area contributed by atoms with Crippen LogP contribution in [0.25, 0.3) is 0 Å². The van der Waals surface area contributed by atoms with E-state index in [4.69, 9.17) is 11.6 Å². The first kappa shape index (κ1) is 14.5. The Hall–Kier alpha value is -2.40. The molecule has 0 radical (unpaired) electrons. The highest BCUT2D eigenvalue weighted by atomic mass is 35.5. The molecule has 0 heterocycles. The molecule has 6 heteroatoms. The summed E-state index contributed by atoms with van der Waals surface area (Å²) in [6.07, 6.45) is 0.797. The molecular formula is C16H13ClN2O3. The predicted molar refractivity (Wildman–Crippen MR) is 84.0 cm³/mol. The molecule has 0 unspecified atom stereocenters. The Morgan fingerprint density at radius 2 is 1.95 bits per heavy atom. The molecule has 0 spiro atoms. The maximum atomic E-state index is 12.2. The number of benzene rings is 2. The van der Waals surface area contributed by atoms with Crippen LogP contribution in [0.3, 0.4) is 0 Å². The highest BCUT2D eigenvalue weighted by Crippen LogP contribution is 2.48. The molecule has 2 atom stereocenters. The first-order valence-corrected chi connectivity index (χ1v) is 7.24. The minimum Gasteiger partial charge on any atom is -0.326 e. The van der Waals surface area contributed by atoms with Crippen molar-refractivity contribution in [3.8, 4) is 0 Å². The molecule has 0 aromatic heterocycles. The van der Waals surface area contributed by atoms with Gasteiger partial charge in [0.2, 0.25) is 5.91 Å². The average molecular weight is 317 g/mol. The second kappa shape index (κ2) is 5.77. The van der Waals surface area contributed by atoms with Crippen LogP contribution in [-0.2, 0) is 4.79 Å². The zero-order valence-electron chi connectivity index (χ0n) is 11.5. The van der Waals surface area contributed by atoms with E-state index in [1.165, 1.54) is 12.1 Å². The van der Waals surface area contributed by atoms with Crippen LogP contribution in [0.2, 0.25) is 5.02 Å². The summed E-state index contributed by atoms with van der Waals surface area (Å²) in [5.41, 5.74) is 1.32. The van der Waals surface area contributed by atoms with Gasteiger partial charge in [0.15, 0.2) is 0 Å². The molecule has 0 bridgehead atoms. The summed E-state index contributed by atoms with van der Waals surface area (Å²) < 4.78 is 0. The highest BCUT2D eigenvalue weighted by molar-refractivity contribution is 6.32. The number of halogens is 1. The Morgan fingerprint density at radius 3 is 2.64 bits per heavy atom.